The highest BCUT2D eigenvalue weighted by Gasteiger charge is 2.29. The lowest BCUT2D eigenvalue weighted by atomic mass is 10.2. The Bertz CT molecular complexity index is 1460. The first-order valence-corrected chi connectivity index (χ1v) is 13.6. The van der Waals surface area contributed by atoms with Crippen molar-refractivity contribution < 1.29 is 26.0 Å². The highest BCUT2D eigenvalue weighted by atomic mass is 32.2. The van der Waals surface area contributed by atoms with Crippen molar-refractivity contribution in [3.05, 3.63) is 59.7 Å². The number of nitrogens with one attached hydrogen (secondary N) is 1. The molecular formula is C21H21FN4O5S2. The van der Waals surface area contributed by atoms with Gasteiger partial charge < -0.3 is 5.32 Å². The van der Waals surface area contributed by atoms with E-state index in [1.807, 2.05) is 0 Å². The van der Waals surface area contributed by atoms with Crippen molar-refractivity contribution in [1.29, 1.82) is 0 Å². The van der Waals surface area contributed by atoms with E-state index in [-0.39, 0.29) is 40.8 Å². The van der Waals surface area contributed by atoms with Gasteiger partial charge in [0.15, 0.2) is 15.7 Å². The van der Waals surface area contributed by atoms with Crippen LogP contribution >= 0.6 is 0 Å². The van der Waals surface area contributed by atoms with E-state index in [4.69, 9.17) is 0 Å². The molecule has 0 spiro atoms. The van der Waals surface area contributed by atoms with E-state index < -0.39 is 31.6 Å². The summed E-state index contributed by atoms with van der Waals surface area (Å²) >= 11 is 0. The van der Waals surface area contributed by atoms with Gasteiger partial charge in [0.25, 0.3) is 5.91 Å². The lowest BCUT2D eigenvalue weighted by molar-refractivity contribution is 0.0945. The van der Waals surface area contributed by atoms with E-state index >= 15 is 0 Å². The maximum absolute atomic E-state index is 13.6. The summed E-state index contributed by atoms with van der Waals surface area (Å²) in [5.74, 6) is -1.24. The second kappa shape index (κ2) is 8.67. The summed E-state index contributed by atoms with van der Waals surface area (Å²) in [7, 11) is -7.30. The molecule has 1 fully saturated rings. The molecule has 0 saturated carbocycles. The Kier molecular flexibility index (Phi) is 6.06. The molecule has 0 atom stereocenters. The highest BCUT2D eigenvalue weighted by molar-refractivity contribution is 7.92. The molecule has 0 unspecified atom stereocenters. The van der Waals surface area contributed by atoms with E-state index in [0.717, 1.165) is 18.4 Å². The summed E-state index contributed by atoms with van der Waals surface area (Å²) in [5, 5.41) is 3.08. The summed E-state index contributed by atoms with van der Waals surface area (Å²) in [6.45, 7) is 0.0541. The smallest absolute Gasteiger partial charge is 0.270 e. The number of hydrogen-bond acceptors (Lipinski definition) is 7. The third-order valence-corrected chi connectivity index (χ3v) is 8.28. The first-order valence-electron chi connectivity index (χ1n) is 10.1. The quantitative estimate of drug-likeness (QED) is 0.577. The molecule has 1 amide bonds. The van der Waals surface area contributed by atoms with Crippen LogP contribution in [0.5, 0.6) is 0 Å². The van der Waals surface area contributed by atoms with Crippen LogP contribution in [0.4, 0.5) is 10.2 Å². The summed E-state index contributed by atoms with van der Waals surface area (Å²) in [5.41, 5.74) is 0.539. The molecule has 2 aromatic heterocycles. The van der Waals surface area contributed by atoms with Crippen molar-refractivity contribution in [3.8, 4) is 0 Å². The number of pyridine rings is 2. The standard InChI is InChI=1S/C21H21FN4O5S2/c1-32(28,29)19-11-15(22)7-6-14(19)13-24-21(27)18-12-17-16(5-4-8-23-17)20(25-18)26-9-2-3-10-33(26,30)31/h4-8,11-12H,2-3,9-10,13H2,1H3,(H,24,27). The predicted octanol–water partition coefficient (Wildman–Crippen LogP) is 2.03. The zero-order valence-corrected chi connectivity index (χ0v) is 19.3. The number of nitrogens with zero attached hydrogens (tertiary/aromatic N) is 3. The zero-order valence-electron chi connectivity index (χ0n) is 17.7. The van der Waals surface area contributed by atoms with E-state index in [0.29, 0.717) is 23.7 Å². The van der Waals surface area contributed by atoms with Crippen LogP contribution in [0.3, 0.4) is 0 Å². The minimum Gasteiger partial charge on any atom is -0.347 e. The number of fused-ring (bicyclic) bond motifs is 1. The van der Waals surface area contributed by atoms with Crippen LogP contribution < -0.4 is 9.62 Å². The number of sulfone groups is 1. The van der Waals surface area contributed by atoms with E-state index in [2.05, 4.69) is 15.3 Å². The molecule has 174 valence electrons. The number of amides is 1. The first kappa shape index (κ1) is 23.1. The Morgan fingerprint density at radius 3 is 2.73 bits per heavy atom. The van der Waals surface area contributed by atoms with E-state index in [1.165, 1.54) is 22.6 Å². The Morgan fingerprint density at radius 1 is 1.21 bits per heavy atom. The maximum Gasteiger partial charge on any atom is 0.270 e. The fraction of sp³-hybridized carbons (Fsp3) is 0.286. The summed E-state index contributed by atoms with van der Waals surface area (Å²) in [6, 6.07) is 8.07. The molecule has 0 bridgehead atoms. The van der Waals surface area contributed by atoms with Crippen LogP contribution in [-0.2, 0) is 26.4 Å². The van der Waals surface area contributed by atoms with Crippen LogP contribution in [0.25, 0.3) is 10.9 Å². The van der Waals surface area contributed by atoms with Crippen molar-refractivity contribution in [2.45, 2.75) is 24.3 Å². The predicted molar refractivity (Wildman–Crippen MR) is 121 cm³/mol. The fourth-order valence-electron chi connectivity index (χ4n) is 3.68. The molecule has 1 aliphatic rings. The van der Waals surface area contributed by atoms with Gasteiger partial charge in [-0.25, -0.2) is 26.2 Å². The molecule has 1 N–H and O–H groups in total. The van der Waals surface area contributed by atoms with Gasteiger partial charge in [-0.15, -0.1) is 0 Å². The Balaban J connectivity index is 1.69. The summed E-state index contributed by atoms with van der Waals surface area (Å²) < 4.78 is 64.0. The van der Waals surface area contributed by atoms with Crippen molar-refractivity contribution in [1.82, 2.24) is 15.3 Å². The number of benzene rings is 1. The van der Waals surface area contributed by atoms with Gasteiger partial charge in [-0.3, -0.25) is 14.1 Å². The van der Waals surface area contributed by atoms with Gasteiger partial charge in [-0.2, -0.15) is 0 Å². The molecule has 9 nitrogen and oxygen atoms in total. The van der Waals surface area contributed by atoms with Crippen molar-refractivity contribution >= 4 is 42.5 Å². The topological polar surface area (TPSA) is 126 Å². The SMILES string of the molecule is CS(=O)(=O)c1cc(F)ccc1CNC(=O)c1cc2ncccc2c(N2CCCCS2(=O)=O)n1. The average Bonchev–Trinajstić information content (AvgIpc) is 2.76. The molecule has 33 heavy (non-hydrogen) atoms. The Morgan fingerprint density at radius 2 is 2.00 bits per heavy atom. The van der Waals surface area contributed by atoms with Gasteiger partial charge in [0.2, 0.25) is 10.0 Å². The molecule has 12 heteroatoms. The van der Waals surface area contributed by atoms with Gasteiger partial charge in [0.1, 0.15) is 11.5 Å². The largest absolute Gasteiger partial charge is 0.347 e. The molecule has 0 aliphatic carbocycles. The number of aromatic nitrogens is 2. The minimum atomic E-state index is -3.72. The second-order valence-corrected chi connectivity index (χ2v) is 11.7. The van der Waals surface area contributed by atoms with Crippen molar-refractivity contribution in [2.75, 3.05) is 22.9 Å². The van der Waals surface area contributed by atoms with Crippen LogP contribution in [0.2, 0.25) is 0 Å². The summed E-state index contributed by atoms with van der Waals surface area (Å²) in [4.78, 5) is 21.2. The second-order valence-electron chi connectivity index (χ2n) is 7.70. The monoisotopic (exact) mass is 492 g/mol. The molecule has 3 heterocycles. The zero-order chi connectivity index (χ0) is 23.8. The maximum atomic E-state index is 13.6. The number of carbonyl (C=O) groups is 1. The number of hydrogen-bond donors (Lipinski definition) is 1. The van der Waals surface area contributed by atoms with Crippen LogP contribution in [0.1, 0.15) is 28.9 Å². The van der Waals surface area contributed by atoms with Crippen molar-refractivity contribution in [3.63, 3.8) is 0 Å². The molecule has 1 aliphatic heterocycles. The number of carbonyl (C=O) groups excluding carboxylic acids is 1. The third-order valence-electron chi connectivity index (χ3n) is 5.27. The van der Waals surface area contributed by atoms with Gasteiger partial charge >= 0.3 is 0 Å². The number of sulfonamides is 1. The molecule has 4 rings (SSSR count). The molecule has 3 aromatic rings. The Labute approximate surface area is 190 Å². The number of halogens is 1. The van der Waals surface area contributed by atoms with Gasteiger partial charge in [0, 0.05) is 30.9 Å². The molecule has 1 aromatic carbocycles. The average molecular weight is 493 g/mol. The highest BCUT2D eigenvalue weighted by Crippen LogP contribution is 2.29. The van der Waals surface area contributed by atoms with Gasteiger partial charge in [-0.05, 0) is 48.7 Å². The van der Waals surface area contributed by atoms with Crippen LogP contribution in [0, 0.1) is 5.82 Å². The minimum absolute atomic E-state index is 0.00824. The lowest BCUT2D eigenvalue weighted by Crippen LogP contribution is -2.39. The van der Waals surface area contributed by atoms with Crippen LogP contribution in [0.15, 0.2) is 47.5 Å². The summed E-state index contributed by atoms with van der Waals surface area (Å²) in [6.07, 6.45) is 3.69. The molecule has 1 saturated heterocycles. The number of rotatable bonds is 5. The fourth-order valence-corrected chi connectivity index (χ4v) is 6.22. The van der Waals surface area contributed by atoms with Gasteiger partial charge in [0.05, 0.1) is 16.2 Å². The Hall–Kier alpha value is -3.12. The normalized spacial score (nSPS) is 16.0. The first-order chi connectivity index (χ1) is 15.6. The lowest BCUT2D eigenvalue weighted by Gasteiger charge is -2.28. The van der Waals surface area contributed by atoms with E-state index in [1.54, 1.807) is 12.1 Å². The van der Waals surface area contributed by atoms with Crippen molar-refractivity contribution in [2.24, 2.45) is 0 Å². The van der Waals surface area contributed by atoms with Crippen LogP contribution in [-0.4, -0.2) is 51.3 Å². The van der Waals surface area contributed by atoms with Gasteiger partial charge in [-0.1, -0.05) is 6.07 Å². The molecule has 0 radical (unpaired) electrons. The number of anilines is 1. The third kappa shape index (κ3) is 4.81. The molecular weight excluding hydrogens is 471 g/mol. The van der Waals surface area contributed by atoms with E-state index in [9.17, 15) is 26.0 Å².